The fourth-order valence-electron chi connectivity index (χ4n) is 3.58. The maximum atomic E-state index is 12.8. The molecule has 0 fully saturated rings. The third kappa shape index (κ3) is 7.88. The summed E-state index contributed by atoms with van der Waals surface area (Å²) in [6.07, 6.45) is 7.93. The molecule has 1 atom stereocenters. The number of hydrogen-bond donors (Lipinski definition) is 4. The van der Waals surface area contributed by atoms with Crippen LogP contribution in [0.2, 0.25) is 5.02 Å². The Morgan fingerprint density at radius 2 is 1.78 bits per heavy atom. The van der Waals surface area contributed by atoms with Gasteiger partial charge in [-0.3, -0.25) is 9.59 Å². The lowest BCUT2D eigenvalue weighted by atomic mass is 10.0. The molecule has 190 valence electrons. The Bertz CT molecular complexity index is 1160. The Kier molecular flexibility index (Phi) is 9.53. The maximum absolute atomic E-state index is 12.8. The summed E-state index contributed by atoms with van der Waals surface area (Å²) >= 11 is 6.25. The molecule has 0 bridgehead atoms. The number of urea groups is 1. The van der Waals surface area contributed by atoms with Crippen LogP contribution in [0.25, 0.3) is 0 Å². The minimum atomic E-state index is -0.806. The topological polar surface area (TPSA) is 109 Å². The van der Waals surface area contributed by atoms with Crippen LogP contribution in [0, 0.1) is 0 Å². The number of nitrogens with one attached hydrogen (secondary N) is 4. The second kappa shape index (κ2) is 12.8. The molecule has 0 aliphatic heterocycles. The summed E-state index contributed by atoms with van der Waals surface area (Å²) in [7, 11) is 1.51. The molecular weight excluding hydrogens is 480 g/mol. The lowest BCUT2D eigenvalue weighted by Gasteiger charge is -2.18. The summed E-state index contributed by atoms with van der Waals surface area (Å²) < 4.78 is 5.60. The lowest BCUT2D eigenvalue weighted by molar-refractivity contribution is -0.122. The zero-order valence-electron chi connectivity index (χ0n) is 20.6. The minimum absolute atomic E-state index is 0.0535. The van der Waals surface area contributed by atoms with Crippen LogP contribution in [0.4, 0.5) is 10.5 Å². The molecule has 0 heterocycles. The number of amides is 4. The van der Waals surface area contributed by atoms with Crippen molar-refractivity contribution >= 4 is 35.1 Å². The van der Waals surface area contributed by atoms with Crippen molar-refractivity contribution in [2.75, 3.05) is 12.4 Å². The number of benzene rings is 2. The summed E-state index contributed by atoms with van der Waals surface area (Å²) in [6.45, 7) is 3.77. The fourth-order valence-corrected chi connectivity index (χ4v) is 3.80. The number of ether oxygens (including phenoxy) is 1. The Labute approximate surface area is 216 Å². The molecule has 1 unspecified atom stereocenters. The zero-order valence-corrected chi connectivity index (χ0v) is 21.3. The van der Waals surface area contributed by atoms with Crippen LogP contribution in [0.5, 0.6) is 5.75 Å². The number of allylic oxidation sites excluding steroid dienone is 3. The number of likely N-dealkylation sites (N-methyl/N-ethyl adjacent to an activating group) is 1. The van der Waals surface area contributed by atoms with Crippen LogP contribution < -0.4 is 26.0 Å². The van der Waals surface area contributed by atoms with E-state index in [9.17, 15) is 14.4 Å². The molecule has 4 amide bonds. The molecule has 0 aromatic heterocycles. The molecule has 3 rings (SSSR count). The van der Waals surface area contributed by atoms with Gasteiger partial charge in [-0.25, -0.2) is 4.79 Å². The Morgan fingerprint density at radius 3 is 2.39 bits per heavy atom. The number of hydrogen-bond acceptors (Lipinski definition) is 4. The first-order valence-electron chi connectivity index (χ1n) is 11.8. The largest absolute Gasteiger partial charge is 0.489 e. The van der Waals surface area contributed by atoms with Crippen LogP contribution in [-0.4, -0.2) is 37.0 Å². The number of halogens is 1. The molecule has 4 N–H and O–H groups in total. The van der Waals surface area contributed by atoms with Gasteiger partial charge in [0, 0.05) is 30.4 Å². The van der Waals surface area contributed by atoms with Gasteiger partial charge in [-0.15, -0.1) is 0 Å². The van der Waals surface area contributed by atoms with Crippen LogP contribution in [0.1, 0.15) is 42.6 Å². The van der Waals surface area contributed by atoms with Crippen LogP contribution >= 0.6 is 11.6 Å². The molecular formula is C27H31ClN4O4. The number of carbonyl (C=O) groups is 3. The monoisotopic (exact) mass is 510 g/mol. The molecule has 0 spiro atoms. The summed E-state index contributed by atoms with van der Waals surface area (Å²) in [5.74, 6) is -0.271. The number of rotatable bonds is 9. The Hall–Kier alpha value is -3.78. The van der Waals surface area contributed by atoms with Gasteiger partial charge in [-0.1, -0.05) is 35.9 Å². The Balaban J connectivity index is 1.62. The molecule has 8 nitrogen and oxygen atoms in total. The van der Waals surface area contributed by atoms with E-state index in [2.05, 4.69) is 21.3 Å². The third-order valence-corrected chi connectivity index (χ3v) is 5.62. The first-order valence-corrected chi connectivity index (χ1v) is 12.1. The van der Waals surface area contributed by atoms with Crippen molar-refractivity contribution in [3.05, 3.63) is 82.5 Å². The summed E-state index contributed by atoms with van der Waals surface area (Å²) in [5.41, 5.74) is 2.50. The van der Waals surface area contributed by atoms with Crippen molar-refractivity contribution in [1.82, 2.24) is 16.0 Å². The molecule has 9 heteroatoms. The standard InChI is InChI=1S/C27H31ClN4O4/c1-17(2)36-24-14-11-19(16-22(24)28)25(33)32-23(26(34)29-3)15-18-9-12-21(13-10-18)31-27(35)30-20-7-5-4-6-8-20/h5,7-14,16-17,23H,4,6,15H2,1-3H3,(H,29,34)(H,32,33)(H2,30,31,35). The van der Waals surface area contributed by atoms with E-state index in [1.54, 1.807) is 36.4 Å². The number of carbonyl (C=O) groups excluding carboxylic acids is 3. The smallest absolute Gasteiger partial charge is 0.323 e. The van der Waals surface area contributed by atoms with Gasteiger partial charge in [0.1, 0.15) is 11.8 Å². The third-order valence-electron chi connectivity index (χ3n) is 5.33. The van der Waals surface area contributed by atoms with Crippen LogP contribution in [-0.2, 0) is 11.2 Å². The van der Waals surface area contributed by atoms with E-state index in [-0.39, 0.29) is 24.5 Å². The van der Waals surface area contributed by atoms with Crippen molar-refractivity contribution in [3.63, 3.8) is 0 Å². The predicted octanol–water partition coefficient (Wildman–Crippen LogP) is 4.57. The van der Waals surface area contributed by atoms with Gasteiger partial charge in [0.2, 0.25) is 5.91 Å². The highest BCUT2D eigenvalue weighted by Crippen LogP contribution is 2.26. The average molecular weight is 511 g/mol. The SMILES string of the molecule is CNC(=O)C(Cc1ccc(NC(=O)NC2=CCCC=C2)cc1)NC(=O)c1ccc(OC(C)C)c(Cl)c1. The van der Waals surface area contributed by atoms with Crippen molar-refractivity contribution in [3.8, 4) is 5.75 Å². The number of anilines is 1. The minimum Gasteiger partial charge on any atom is -0.489 e. The molecule has 0 saturated carbocycles. The maximum Gasteiger partial charge on any atom is 0.323 e. The second-order valence-electron chi connectivity index (χ2n) is 8.57. The molecule has 36 heavy (non-hydrogen) atoms. The highest BCUT2D eigenvalue weighted by Gasteiger charge is 2.22. The van der Waals surface area contributed by atoms with Crippen molar-refractivity contribution in [1.29, 1.82) is 0 Å². The van der Waals surface area contributed by atoms with Crippen LogP contribution in [0.3, 0.4) is 0 Å². The summed E-state index contributed by atoms with van der Waals surface area (Å²) in [4.78, 5) is 37.5. The predicted molar refractivity (Wildman–Crippen MR) is 141 cm³/mol. The lowest BCUT2D eigenvalue weighted by Crippen LogP contribution is -2.47. The van der Waals surface area contributed by atoms with E-state index in [4.69, 9.17) is 16.3 Å². The van der Waals surface area contributed by atoms with Gasteiger partial charge in [-0.2, -0.15) is 0 Å². The molecule has 1 aliphatic carbocycles. The summed E-state index contributed by atoms with van der Waals surface area (Å²) in [5, 5.41) is 11.2. The average Bonchev–Trinajstić information content (AvgIpc) is 2.85. The normalized spacial score (nSPS) is 13.4. The van der Waals surface area contributed by atoms with Gasteiger partial charge < -0.3 is 26.0 Å². The molecule has 0 saturated heterocycles. The van der Waals surface area contributed by atoms with Gasteiger partial charge in [-0.05, 0) is 68.7 Å². The van der Waals surface area contributed by atoms with E-state index in [1.165, 1.54) is 13.1 Å². The van der Waals surface area contributed by atoms with E-state index in [0.29, 0.717) is 22.0 Å². The molecule has 2 aromatic rings. The summed E-state index contributed by atoms with van der Waals surface area (Å²) in [6, 6.07) is 10.7. The van der Waals surface area contributed by atoms with E-state index in [0.717, 1.165) is 24.1 Å². The zero-order chi connectivity index (χ0) is 26.1. The molecule has 2 aromatic carbocycles. The fraction of sp³-hybridized carbons (Fsp3) is 0.296. The van der Waals surface area contributed by atoms with Gasteiger partial charge in [0.25, 0.3) is 5.91 Å². The quantitative estimate of drug-likeness (QED) is 0.396. The van der Waals surface area contributed by atoms with Crippen molar-refractivity contribution < 1.29 is 19.1 Å². The van der Waals surface area contributed by atoms with Gasteiger partial charge in [0.15, 0.2) is 0 Å². The van der Waals surface area contributed by atoms with E-state index in [1.807, 2.05) is 32.1 Å². The highest BCUT2D eigenvalue weighted by molar-refractivity contribution is 6.32. The van der Waals surface area contributed by atoms with Gasteiger partial charge in [0.05, 0.1) is 11.1 Å². The van der Waals surface area contributed by atoms with Crippen LogP contribution in [0.15, 0.2) is 66.4 Å². The first kappa shape index (κ1) is 26.8. The van der Waals surface area contributed by atoms with E-state index < -0.39 is 11.9 Å². The Morgan fingerprint density at radius 1 is 1.03 bits per heavy atom. The highest BCUT2D eigenvalue weighted by atomic mass is 35.5. The first-order chi connectivity index (χ1) is 17.2. The van der Waals surface area contributed by atoms with Gasteiger partial charge >= 0.3 is 6.03 Å². The molecule has 0 radical (unpaired) electrons. The second-order valence-corrected chi connectivity index (χ2v) is 8.98. The molecule has 1 aliphatic rings. The van der Waals surface area contributed by atoms with Crippen molar-refractivity contribution in [2.45, 2.75) is 45.3 Å². The van der Waals surface area contributed by atoms with E-state index >= 15 is 0 Å². The van der Waals surface area contributed by atoms with Crippen molar-refractivity contribution in [2.24, 2.45) is 0 Å².